The normalized spacial score (nSPS) is 18.0. The molecule has 0 saturated heterocycles. The summed E-state index contributed by atoms with van der Waals surface area (Å²) in [7, 11) is 0. The van der Waals surface area contributed by atoms with E-state index in [1.54, 1.807) is 0 Å². The Morgan fingerprint density at radius 3 is 2.61 bits per heavy atom. The van der Waals surface area contributed by atoms with Crippen molar-refractivity contribution in [3.05, 3.63) is 21.9 Å². The first-order valence-electron chi connectivity index (χ1n) is 7.31. The van der Waals surface area contributed by atoms with E-state index in [2.05, 4.69) is 30.9 Å². The molecule has 1 unspecified atom stereocenters. The van der Waals surface area contributed by atoms with Crippen LogP contribution >= 0.6 is 11.3 Å². The average Bonchev–Trinajstić information content (AvgIpc) is 2.80. The third-order valence-corrected chi connectivity index (χ3v) is 5.48. The standard InChI is InChI=1S/C15H26N2S/c1-3-13-8-9-15(18-13)14(10-16)17(4-2)11-12-6-5-7-12/h8-9,12,14H,3-7,10-11,16H2,1-2H3. The predicted octanol–water partition coefficient (Wildman–Crippen LogP) is 3.43. The molecule has 1 fully saturated rings. The Morgan fingerprint density at radius 2 is 2.17 bits per heavy atom. The van der Waals surface area contributed by atoms with Crippen LogP contribution in [0.15, 0.2) is 12.1 Å². The molecule has 0 spiro atoms. The summed E-state index contributed by atoms with van der Waals surface area (Å²) in [5.41, 5.74) is 6.03. The summed E-state index contributed by atoms with van der Waals surface area (Å²) >= 11 is 1.94. The van der Waals surface area contributed by atoms with Gasteiger partial charge in [-0.1, -0.05) is 20.3 Å². The molecule has 1 aromatic heterocycles. The molecule has 1 atom stereocenters. The quantitative estimate of drug-likeness (QED) is 0.819. The molecule has 1 heterocycles. The molecule has 1 aromatic rings. The van der Waals surface area contributed by atoms with Gasteiger partial charge in [-0.05, 0) is 43.9 Å². The Bertz CT molecular complexity index is 357. The fourth-order valence-electron chi connectivity index (χ4n) is 2.69. The van der Waals surface area contributed by atoms with Crippen LogP contribution in [0.2, 0.25) is 0 Å². The van der Waals surface area contributed by atoms with Crippen LogP contribution in [0.5, 0.6) is 0 Å². The molecule has 2 N–H and O–H groups in total. The van der Waals surface area contributed by atoms with Crippen molar-refractivity contribution in [1.29, 1.82) is 0 Å². The van der Waals surface area contributed by atoms with Crippen molar-refractivity contribution in [1.82, 2.24) is 4.90 Å². The molecular weight excluding hydrogens is 240 g/mol. The van der Waals surface area contributed by atoms with Gasteiger partial charge in [-0.2, -0.15) is 0 Å². The number of nitrogens with zero attached hydrogens (tertiary/aromatic N) is 1. The second-order valence-corrected chi connectivity index (χ2v) is 6.49. The summed E-state index contributed by atoms with van der Waals surface area (Å²) < 4.78 is 0. The lowest BCUT2D eigenvalue weighted by molar-refractivity contribution is 0.143. The molecule has 0 aromatic carbocycles. The van der Waals surface area contributed by atoms with Crippen LogP contribution in [0.1, 0.15) is 48.9 Å². The highest BCUT2D eigenvalue weighted by Crippen LogP contribution is 2.32. The van der Waals surface area contributed by atoms with Gasteiger partial charge in [0, 0.05) is 22.8 Å². The first-order chi connectivity index (χ1) is 8.78. The predicted molar refractivity (Wildman–Crippen MR) is 80.1 cm³/mol. The first kappa shape index (κ1) is 14.0. The molecular formula is C15H26N2S. The van der Waals surface area contributed by atoms with Gasteiger partial charge in [0.25, 0.3) is 0 Å². The van der Waals surface area contributed by atoms with Crippen molar-refractivity contribution in [2.24, 2.45) is 11.7 Å². The molecule has 0 bridgehead atoms. The number of hydrogen-bond acceptors (Lipinski definition) is 3. The fourth-order valence-corrected chi connectivity index (χ4v) is 3.79. The van der Waals surface area contributed by atoms with Gasteiger partial charge >= 0.3 is 0 Å². The third kappa shape index (κ3) is 3.14. The zero-order valence-corrected chi connectivity index (χ0v) is 12.5. The zero-order valence-electron chi connectivity index (χ0n) is 11.7. The lowest BCUT2D eigenvalue weighted by Crippen LogP contribution is -2.38. The molecule has 0 radical (unpaired) electrons. The minimum atomic E-state index is 0.431. The van der Waals surface area contributed by atoms with Gasteiger partial charge in [0.15, 0.2) is 0 Å². The third-order valence-electron chi connectivity index (χ3n) is 4.15. The van der Waals surface area contributed by atoms with Gasteiger partial charge in [0.05, 0.1) is 6.04 Å². The van der Waals surface area contributed by atoms with Gasteiger partial charge in [-0.15, -0.1) is 11.3 Å². The molecule has 18 heavy (non-hydrogen) atoms. The van der Waals surface area contributed by atoms with E-state index in [1.807, 2.05) is 11.3 Å². The highest BCUT2D eigenvalue weighted by molar-refractivity contribution is 7.12. The maximum atomic E-state index is 6.03. The van der Waals surface area contributed by atoms with Crippen molar-refractivity contribution in [2.45, 2.75) is 45.6 Å². The van der Waals surface area contributed by atoms with E-state index in [1.165, 1.54) is 35.6 Å². The lowest BCUT2D eigenvalue weighted by atomic mass is 9.85. The van der Waals surface area contributed by atoms with Gasteiger partial charge in [-0.3, -0.25) is 4.90 Å². The van der Waals surface area contributed by atoms with E-state index >= 15 is 0 Å². The summed E-state index contributed by atoms with van der Waals surface area (Å²) in [5.74, 6) is 0.921. The topological polar surface area (TPSA) is 29.3 Å². The fraction of sp³-hybridized carbons (Fsp3) is 0.733. The number of aryl methyl sites for hydroxylation is 1. The summed E-state index contributed by atoms with van der Waals surface area (Å²) in [6.45, 7) is 7.56. The highest BCUT2D eigenvalue weighted by atomic mass is 32.1. The number of thiophene rings is 1. The number of likely N-dealkylation sites (N-methyl/N-ethyl adjacent to an activating group) is 1. The van der Waals surface area contributed by atoms with Crippen LogP contribution in [-0.2, 0) is 6.42 Å². The second-order valence-electron chi connectivity index (χ2n) is 5.29. The summed E-state index contributed by atoms with van der Waals surface area (Å²) in [4.78, 5) is 5.51. The van der Waals surface area contributed by atoms with E-state index in [0.29, 0.717) is 6.04 Å². The van der Waals surface area contributed by atoms with Crippen molar-refractivity contribution >= 4 is 11.3 Å². The van der Waals surface area contributed by atoms with E-state index in [4.69, 9.17) is 5.73 Å². The molecule has 0 aliphatic heterocycles. The minimum Gasteiger partial charge on any atom is -0.329 e. The molecule has 3 heteroatoms. The Balaban J connectivity index is 2.03. The SMILES string of the molecule is CCc1ccc(C(CN)N(CC)CC2CCC2)s1. The highest BCUT2D eigenvalue weighted by Gasteiger charge is 2.25. The van der Waals surface area contributed by atoms with Crippen LogP contribution in [-0.4, -0.2) is 24.5 Å². The number of hydrogen-bond donors (Lipinski definition) is 1. The summed E-state index contributed by atoms with van der Waals surface area (Å²) in [6, 6.07) is 4.98. The average molecular weight is 266 g/mol. The van der Waals surface area contributed by atoms with Crippen LogP contribution in [0.3, 0.4) is 0 Å². The molecule has 1 aliphatic carbocycles. The van der Waals surface area contributed by atoms with Crippen molar-refractivity contribution in [3.8, 4) is 0 Å². The lowest BCUT2D eigenvalue weighted by Gasteiger charge is -2.36. The van der Waals surface area contributed by atoms with Crippen LogP contribution < -0.4 is 5.73 Å². The maximum absolute atomic E-state index is 6.03. The molecule has 1 aliphatic rings. The zero-order chi connectivity index (χ0) is 13.0. The van der Waals surface area contributed by atoms with E-state index in [-0.39, 0.29) is 0 Å². The number of rotatable bonds is 7. The monoisotopic (exact) mass is 266 g/mol. The van der Waals surface area contributed by atoms with E-state index in [9.17, 15) is 0 Å². The Labute approximate surface area is 115 Å². The molecule has 1 saturated carbocycles. The molecule has 102 valence electrons. The largest absolute Gasteiger partial charge is 0.329 e. The Morgan fingerprint density at radius 1 is 1.39 bits per heavy atom. The van der Waals surface area contributed by atoms with Gasteiger partial charge in [0.2, 0.25) is 0 Å². The van der Waals surface area contributed by atoms with Crippen LogP contribution in [0.25, 0.3) is 0 Å². The maximum Gasteiger partial charge on any atom is 0.0564 e. The van der Waals surface area contributed by atoms with Gasteiger partial charge in [0.1, 0.15) is 0 Å². The number of nitrogens with two attached hydrogens (primary N) is 1. The minimum absolute atomic E-state index is 0.431. The first-order valence-corrected chi connectivity index (χ1v) is 8.12. The van der Waals surface area contributed by atoms with Crippen molar-refractivity contribution in [3.63, 3.8) is 0 Å². The van der Waals surface area contributed by atoms with Crippen LogP contribution in [0, 0.1) is 5.92 Å². The second kappa shape index (κ2) is 6.69. The summed E-state index contributed by atoms with van der Waals surface area (Å²) in [5, 5.41) is 0. The Hall–Kier alpha value is -0.380. The van der Waals surface area contributed by atoms with Crippen molar-refractivity contribution in [2.75, 3.05) is 19.6 Å². The molecule has 0 amide bonds. The molecule has 2 rings (SSSR count). The van der Waals surface area contributed by atoms with Gasteiger partial charge < -0.3 is 5.73 Å². The molecule has 2 nitrogen and oxygen atoms in total. The van der Waals surface area contributed by atoms with Crippen molar-refractivity contribution < 1.29 is 0 Å². The van der Waals surface area contributed by atoms with Crippen LogP contribution in [0.4, 0.5) is 0 Å². The van der Waals surface area contributed by atoms with Gasteiger partial charge in [-0.25, -0.2) is 0 Å². The van der Waals surface area contributed by atoms with E-state index < -0.39 is 0 Å². The Kier molecular flexibility index (Phi) is 5.22. The van der Waals surface area contributed by atoms with E-state index in [0.717, 1.165) is 25.4 Å². The summed E-state index contributed by atoms with van der Waals surface area (Å²) in [6.07, 6.45) is 5.39. The smallest absolute Gasteiger partial charge is 0.0564 e.